The Morgan fingerprint density at radius 3 is 2.25 bits per heavy atom. The van der Waals surface area contributed by atoms with Crippen molar-refractivity contribution in [3.63, 3.8) is 0 Å². The summed E-state index contributed by atoms with van der Waals surface area (Å²) < 4.78 is 29.8. The van der Waals surface area contributed by atoms with Gasteiger partial charge in [-0.05, 0) is 0 Å². The third-order valence-electron chi connectivity index (χ3n) is 1.69. The van der Waals surface area contributed by atoms with Crippen LogP contribution in [-0.2, 0) is 28.5 Å². The van der Waals surface area contributed by atoms with Crippen molar-refractivity contribution in [3.8, 4) is 0 Å². The molecule has 2 saturated heterocycles. The van der Waals surface area contributed by atoms with Crippen LogP contribution in [-0.4, -0.2) is 25.3 Å². The standard InChI is InChI=1S/C4H6O7S/c1-2-3-4(5,9-8-3)11-12(6,7)10-3/h5H,2H2,1H3. The first-order valence-electron chi connectivity index (χ1n) is 3.18. The van der Waals surface area contributed by atoms with Crippen LogP contribution >= 0.6 is 0 Å². The highest BCUT2D eigenvalue weighted by molar-refractivity contribution is 7.82. The molecular weight excluding hydrogens is 192 g/mol. The minimum Gasteiger partial charge on any atom is -0.336 e. The summed E-state index contributed by atoms with van der Waals surface area (Å²) in [6.07, 6.45) is 0.0860. The van der Waals surface area contributed by atoms with Crippen molar-refractivity contribution >= 4 is 10.4 Å². The monoisotopic (exact) mass is 198 g/mol. The van der Waals surface area contributed by atoms with Gasteiger partial charge in [0.25, 0.3) is 0 Å². The summed E-state index contributed by atoms with van der Waals surface area (Å²) in [7, 11) is -4.21. The summed E-state index contributed by atoms with van der Waals surface area (Å²) in [5.74, 6) is -4.05. The van der Waals surface area contributed by atoms with Crippen molar-refractivity contribution in [1.29, 1.82) is 0 Å². The largest absolute Gasteiger partial charge is 0.407 e. The normalized spacial score (nSPS) is 49.8. The highest BCUT2D eigenvalue weighted by atomic mass is 32.3. The van der Waals surface area contributed by atoms with Gasteiger partial charge >= 0.3 is 22.2 Å². The molecule has 0 aromatic heterocycles. The topological polar surface area (TPSA) is 91.3 Å². The number of fused-ring (bicyclic) bond motifs is 1. The maximum atomic E-state index is 10.7. The summed E-state index contributed by atoms with van der Waals surface area (Å²) >= 11 is 0. The molecule has 0 amide bonds. The molecule has 2 unspecified atom stereocenters. The van der Waals surface area contributed by atoms with E-state index in [0.717, 1.165) is 0 Å². The Labute approximate surface area is 68.0 Å². The minimum absolute atomic E-state index is 0.0860. The van der Waals surface area contributed by atoms with Crippen molar-refractivity contribution in [2.75, 3.05) is 0 Å². The van der Waals surface area contributed by atoms with Gasteiger partial charge in [0.2, 0.25) is 0 Å². The van der Waals surface area contributed by atoms with E-state index in [0.29, 0.717) is 0 Å². The van der Waals surface area contributed by atoms with Gasteiger partial charge in [0.05, 0.1) is 0 Å². The van der Waals surface area contributed by atoms with Crippen LogP contribution in [0.1, 0.15) is 13.3 Å². The summed E-state index contributed by atoms with van der Waals surface area (Å²) in [6, 6.07) is 0. The van der Waals surface area contributed by atoms with Crippen molar-refractivity contribution < 1.29 is 31.7 Å². The zero-order valence-electron chi connectivity index (χ0n) is 6.01. The van der Waals surface area contributed by atoms with Crippen LogP contribution in [0.3, 0.4) is 0 Å². The van der Waals surface area contributed by atoms with Gasteiger partial charge in [0.1, 0.15) is 0 Å². The molecule has 70 valence electrons. The van der Waals surface area contributed by atoms with E-state index in [1.54, 1.807) is 6.92 Å². The fraction of sp³-hybridized carbons (Fsp3) is 1.00. The Balaban J connectivity index is 2.40. The molecule has 2 fully saturated rings. The van der Waals surface area contributed by atoms with E-state index in [2.05, 4.69) is 18.1 Å². The molecule has 2 aliphatic heterocycles. The van der Waals surface area contributed by atoms with E-state index in [9.17, 15) is 13.5 Å². The van der Waals surface area contributed by atoms with Gasteiger partial charge in [-0.15, -0.1) is 0 Å². The summed E-state index contributed by atoms with van der Waals surface area (Å²) in [5, 5.41) is 9.26. The lowest BCUT2D eigenvalue weighted by molar-refractivity contribution is -0.672. The smallest absolute Gasteiger partial charge is 0.336 e. The highest BCUT2D eigenvalue weighted by Crippen LogP contribution is 2.50. The molecule has 8 heteroatoms. The third-order valence-corrected chi connectivity index (χ3v) is 2.59. The lowest BCUT2D eigenvalue weighted by Gasteiger charge is -2.41. The third kappa shape index (κ3) is 0.789. The van der Waals surface area contributed by atoms with E-state index in [4.69, 9.17) is 0 Å². The van der Waals surface area contributed by atoms with Crippen LogP contribution < -0.4 is 0 Å². The first-order chi connectivity index (χ1) is 5.43. The zero-order valence-corrected chi connectivity index (χ0v) is 6.83. The molecule has 0 spiro atoms. The summed E-state index contributed by atoms with van der Waals surface area (Å²) in [5.41, 5.74) is 0. The van der Waals surface area contributed by atoms with Gasteiger partial charge < -0.3 is 5.11 Å². The second kappa shape index (κ2) is 1.97. The van der Waals surface area contributed by atoms with Gasteiger partial charge in [-0.3, -0.25) is 0 Å². The number of aliphatic hydroxyl groups is 1. The van der Waals surface area contributed by atoms with Crippen LogP contribution in [0.25, 0.3) is 0 Å². The maximum Gasteiger partial charge on any atom is 0.407 e. The van der Waals surface area contributed by atoms with Crippen LogP contribution in [0.15, 0.2) is 0 Å². The second-order valence-corrected chi connectivity index (χ2v) is 3.58. The highest BCUT2D eigenvalue weighted by Gasteiger charge is 2.76. The Morgan fingerprint density at radius 2 is 2.00 bits per heavy atom. The minimum atomic E-state index is -4.21. The molecule has 7 nitrogen and oxygen atoms in total. The second-order valence-electron chi connectivity index (χ2n) is 2.43. The van der Waals surface area contributed by atoms with Gasteiger partial charge in [0, 0.05) is 6.42 Å². The van der Waals surface area contributed by atoms with Gasteiger partial charge in [0.15, 0.2) is 0 Å². The van der Waals surface area contributed by atoms with Crippen LogP contribution in [0.4, 0.5) is 0 Å². The number of rotatable bonds is 1. The molecule has 0 aromatic rings. The fourth-order valence-electron chi connectivity index (χ4n) is 1.01. The van der Waals surface area contributed by atoms with Crippen molar-refractivity contribution in [1.82, 2.24) is 0 Å². The maximum absolute atomic E-state index is 10.7. The molecule has 2 atom stereocenters. The molecule has 2 rings (SSSR count). The van der Waals surface area contributed by atoms with Crippen molar-refractivity contribution in [3.05, 3.63) is 0 Å². The van der Waals surface area contributed by atoms with Crippen LogP contribution in [0.2, 0.25) is 0 Å². The molecule has 1 N–H and O–H groups in total. The van der Waals surface area contributed by atoms with Crippen molar-refractivity contribution in [2.45, 2.75) is 25.1 Å². The van der Waals surface area contributed by atoms with Gasteiger partial charge in [-0.25, -0.2) is 4.18 Å². The van der Waals surface area contributed by atoms with E-state index >= 15 is 0 Å². The van der Waals surface area contributed by atoms with E-state index in [-0.39, 0.29) is 6.42 Å². The molecule has 12 heavy (non-hydrogen) atoms. The summed E-state index contributed by atoms with van der Waals surface area (Å²) in [6.45, 7) is 1.55. The molecule has 0 radical (unpaired) electrons. The average Bonchev–Trinajstić information content (AvgIpc) is 2.08. The Hall–Kier alpha value is -0.250. The Kier molecular flexibility index (Phi) is 1.37. The Morgan fingerprint density at radius 1 is 1.33 bits per heavy atom. The zero-order chi connectivity index (χ0) is 9.04. The number of hydrogen-bond donors (Lipinski definition) is 1. The van der Waals surface area contributed by atoms with E-state index in [1.165, 1.54) is 0 Å². The quantitative estimate of drug-likeness (QED) is 0.540. The van der Waals surface area contributed by atoms with E-state index < -0.39 is 22.2 Å². The molecule has 2 heterocycles. The average molecular weight is 198 g/mol. The van der Waals surface area contributed by atoms with Gasteiger partial charge in [-0.2, -0.15) is 22.4 Å². The SMILES string of the molecule is CCC12OOC1(O)OS(=O)(=O)O2. The summed E-state index contributed by atoms with van der Waals surface area (Å²) in [4.78, 5) is 8.45. The molecular formula is C4H6O7S. The molecule has 0 aliphatic carbocycles. The van der Waals surface area contributed by atoms with Crippen LogP contribution in [0.5, 0.6) is 0 Å². The number of hydrogen-bond acceptors (Lipinski definition) is 7. The first-order valence-corrected chi connectivity index (χ1v) is 4.52. The molecule has 0 saturated carbocycles. The van der Waals surface area contributed by atoms with Crippen molar-refractivity contribution in [2.24, 2.45) is 0 Å². The van der Waals surface area contributed by atoms with Crippen LogP contribution in [0, 0.1) is 0 Å². The lowest BCUT2D eigenvalue weighted by atomic mass is 10.1. The molecule has 0 aromatic carbocycles. The Bertz CT molecular complexity index is 305. The molecule has 0 bridgehead atoms. The lowest BCUT2D eigenvalue weighted by Crippen LogP contribution is -2.64. The first kappa shape index (κ1) is 8.35. The predicted molar refractivity (Wildman–Crippen MR) is 31.2 cm³/mol. The predicted octanol–water partition coefficient (Wildman–Crippen LogP) is -1.01. The molecule has 2 aliphatic rings. The van der Waals surface area contributed by atoms with E-state index in [1.807, 2.05) is 0 Å². The van der Waals surface area contributed by atoms with Gasteiger partial charge in [-0.1, -0.05) is 6.92 Å². The fourth-order valence-corrected chi connectivity index (χ4v) is 2.06.